The fourth-order valence-electron chi connectivity index (χ4n) is 3.38. The number of hydrogen-bond acceptors (Lipinski definition) is 6. The highest BCUT2D eigenvalue weighted by Crippen LogP contribution is 2.24. The Hall–Kier alpha value is -2.58. The van der Waals surface area contributed by atoms with E-state index in [-0.39, 0.29) is 17.8 Å². The molecule has 3 aromatic rings. The van der Waals surface area contributed by atoms with Crippen molar-refractivity contribution in [2.24, 2.45) is 0 Å². The van der Waals surface area contributed by atoms with E-state index in [1.807, 2.05) is 41.8 Å². The molecule has 31 heavy (non-hydrogen) atoms. The largest absolute Gasteiger partial charge is 0.474 e. The maximum atomic E-state index is 12.3. The number of nitrogens with one attached hydrogen (secondary N) is 1. The molecule has 4 rings (SSSR count). The minimum absolute atomic E-state index is 0.0900. The van der Waals surface area contributed by atoms with E-state index >= 15 is 0 Å². The van der Waals surface area contributed by atoms with Gasteiger partial charge in [-0.05, 0) is 55.9 Å². The third-order valence-electron chi connectivity index (χ3n) is 5.16. The number of thioether (sulfide) groups is 1. The molecule has 0 aliphatic heterocycles. The Balaban J connectivity index is 1.26. The van der Waals surface area contributed by atoms with Gasteiger partial charge in [-0.2, -0.15) is 0 Å². The van der Waals surface area contributed by atoms with Crippen LogP contribution < -0.4 is 10.1 Å². The van der Waals surface area contributed by atoms with E-state index in [2.05, 4.69) is 20.5 Å². The maximum Gasteiger partial charge on any atom is 0.230 e. The lowest BCUT2D eigenvalue weighted by Gasteiger charge is -2.12. The van der Waals surface area contributed by atoms with Gasteiger partial charge in [0.05, 0.1) is 11.4 Å². The van der Waals surface area contributed by atoms with Gasteiger partial charge < -0.3 is 10.1 Å². The molecule has 0 atom stereocenters. The van der Waals surface area contributed by atoms with Crippen molar-refractivity contribution in [1.82, 2.24) is 25.1 Å². The van der Waals surface area contributed by atoms with Crippen molar-refractivity contribution < 1.29 is 9.53 Å². The second kappa shape index (κ2) is 10.2. The van der Waals surface area contributed by atoms with E-state index in [9.17, 15) is 4.79 Å². The summed E-state index contributed by atoms with van der Waals surface area (Å²) >= 11 is 7.54. The molecule has 1 saturated carbocycles. The molecule has 0 unspecified atom stereocenters. The molecule has 1 aliphatic carbocycles. The van der Waals surface area contributed by atoms with Crippen molar-refractivity contribution in [2.75, 3.05) is 5.75 Å². The molecule has 1 aromatic carbocycles. The monoisotopic (exact) mass is 457 g/mol. The van der Waals surface area contributed by atoms with Crippen LogP contribution in [0.3, 0.4) is 0 Å². The summed E-state index contributed by atoms with van der Waals surface area (Å²) in [5.74, 6) is 0.787. The van der Waals surface area contributed by atoms with Crippen molar-refractivity contribution in [3.05, 3.63) is 59.0 Å². The number of ether oxygens (including phenoxy) is 1. The zero-order valence-electron chi connectivity index (χ0n) is 17.3. The van der Waals surface area contributed by atoms with Gasteiger partial charge >= 0.3 is 0 Å². The van der Waals surface area contributed by atoms with Crippen molar-refractivity contribution in [3.8, 4) is 11.6 Å². The predicted molar refractivity (Wildman–Crippen MR) is 121 cm³/mol. The van der Waals surface area contributed by atoms with Gasteiger partial charge in [0.1, 0.15) is 12.4 Å². The molecule has 1 amide bonds. The van der Waals surface area contributed by atoms with Crippen molar-refractivity contribution in [2.45, 2.75) is 50.4 Å². The zero-order chi connectivity index (χ0) is 21.6. The van der Waals surface area contributed by atoms with Crippen LogP contribution in [0.1, 0.15) is 36.8 Å². The number of nitrogens with zero attached hydrogens (tertiary/aromatic N) is 4. The van der Waals surface area contributed by atoms with E-state index in [0.717, 1.165) is 29.7 Å². The van der Waals surface area contributed by atoms with Crippen LogP contribution in [0.4, 0.5) is 0 Å². The highest BCUT2D eigenvalue weighted by Gasteiger charge is 2.17. The van der Waals surface area contributed by atoms with Crippen LogP contribution in [0.2, 0.25) is 5.02 Å². The summed E-state index contributed by atoms with van der Waals surface area (Å²) in [6, 6.07) is 9.54. The van der Waals surface area contributed by atoms with Crippen LogP contribution >= 0.6 is 23.4 Å². The summed E-state index contributed by atoms with van der Waals surface area (Å²) < 4.78 is 7.69. The molecule has 0 saturated heterocycles. The number of amides is 1. The third kappa shape index (κ3) is 5.77. The Kier molecular flexibility index (Phi) is 7.09. The summed E-state index contributed by atoms with van der Waals surface area (Å²) in [4.78, 5) is 16.7. The van der Waals surface area contributed by atoms with E-state index in [0.29, 0.717) is 22.6 Å². The normalized spacial score (nSPS) is 14.0. The van der Waals surface area contributed by atoms with Crippen LogP contribution in [0.15, 0.2) is 48.0 Å². The number of aromatic nitrogens is 4. The summed E-state index contributed by atoms with van der Waals surface area (Å²) in [5, 5.41) is 12.3. The molecule has 1 fully saturated rings. The lowest BCUT2D eigenvalue weighted by molar-refractivity contribution is -0.118. The first-order valence-electron chi connectivity index (χ1n) is 10.3. The number of pyridine rings is 1. The molecular formula is C22H24ClN5O2S. The Morgan fingerprint density at radius 2 is 2.13 bits per heavy atom. The van der Waals surface area contributed by atoms with Gasteiger partial charge in [0.25, 0.3) is 0 Å². The molecule has 0 spiro atoms. The van der Waals surface area contributed by atoms with Crippen LogP contribution in [0.5, 0.6) is 5.88 Å². The first-order chi connectivity index (χ1) is 15.1. The predicted octanol–water partition coefficient (Wildman–Crippen LogP) is 4.35. The molecular weight excluding hydrogens is 434 g/mol. The molecule has 2 heterocycles. The van der Waals surface area contributed by atoms with Crippen molar-refractivity contribution in [1.29, 1.82) is 0 Å². The highest BCUT2D eigenvalue weighted by molar-refractivity contribution is 7.99. The molecule has 2 aromatic heterocycles. The number of carbonyl (C=O) groups is 1. The van der Waals surface area contributed by atoms with E-state index in [1.165, 1.54) is 24.6 Å². The van der Waals surface area contributed by atoms with Gasteiger partial charge in [-0.25, -0.2) is 4.98 Å². The first-order valence-corrected chi connectivity index (χ1v) is 11.6. The summed E-state index contributed by atoms with van der Waals surface area (Å²) in [5.41, 5.74) is 2.78. The van der Waals surface area contributed by atoms with Crippen molar-refractivity contribution >= 4 is 29.3 Å². The highest BCUT2D eigenvalue weighted by atomic mass is 35.5. The number of carbonyl (C=O) groups excluding carboxylic acids is 1. The molecule has 7 nitrogen and oxygen atoms in total. The second-order valence-electron chi connectivity index (χ2n) is 7.51. The second-order valence-corrected chi connectivity index (χ2v) is 8.86. The van der Waals surface area contributed by atoms with E-state index in [4.69, 9.17) is 16.3 Å². The van der Waals surface area contributed by atoms with Gasteiger partial charge in [0.2, 0.25) is 11.8 Å². The molecule has 162 valence electrons. The average molecular weight is 458 g/mol. The minimum Gasteiger partial charge on any atom is -0.474 e. The number of halogens is 1. The molecule has 9 heteroatoms. The molecule has 0 radical (unpaired) electrons. The van der Waals surface area contributed by atoms with Gasteiger partial charge in [0.15, 0.2) is 5.16 Å². The number of benzene rings is 1. The molecule has 1 N–H and O–H groups in total. The fourth-order valence-corrected chi connectivity index (χ4v) is 4.31. The summed E-state index contributed by atoms with van der Waals surface area (Å²) in [6.07, 6.45) is 8.29. The Morgan fingerprint density at radius 3 is 2.87 bits per heavy atom. The SMILES string of the molecule is Cc1ccc(-n2cnnc2SCC(=O)NCc2ccc(OC3CCCC3)nc2)cc1Cl. The topological polar surface area (TPSA) is 81.9 Å². The lowest BCUT2D eigenvalue weighted by Crippen LogP contribution is -2.24. The van der Waals surface area contributed by atoms with Crippen molar-refractivity contribution in [3.63, 3.8) is 0 Å². The van der Waals surface area contributed by atoms with Gasteiger partial charge in [-0.3, -0.25) is 9.36 Å². The Morgan fingerprint density at radius 1 is 1.29 bits per heavy atom. The Labute approximate surface area is 190 Å². The minimum atomic E-state index is -0.0900. The Bertz CT molecular complexity index is 1030. The van der Waals surface area contributed by atoms with E-state index in [1.54, 1.807) is 12.5 Å². The number of hydrogen-bond donors (Lipinski definition) is 1. The van der Waals surface area contributed by atoms with Gasteiger partial charge in [-0.1, -0.05) is 35.5 Å². The standard InChI is InChI=1S/C22H24ClN5O2S/c1-15-6-8-17(10-19(15)23)28-14-26-27-22(28)31-13-20(29)24-11-16-7-9-21(25-12-16)30-18-4-2-3-5-18/h6-10,12,14,18H,2-5,11,13H2,1H3,(H,24,29). The molecule has 1 aliphatic rings. The van der Waals surface area contributed by atoms with E-state index < -0.39 is 0 Å². The lowest BCUT2D eigenvalue weighted by atomic mass is 10.2. The summed E-state index contributed by atoms with van der Waals surface area (Å²) in [6.45, 7) is 2.36. The zero-order valence-corrected chi connectivity index (χ0v) is 18.8. The average Bonchev–Trinajstić information content (AvgIpc) is 3.46. The van der Waals surface area contributed by atoms with Gasteiger partial charge in [-0.15, -0.1) is 10.2 Å². The maximum absolute atomic E-state index is 12.3. The van der Waals surface area contributed by atoms with Crippen LogP contribution in [-0.2, 0) is 11.3 Å². The summed E-state index contributed by atoms with van der Waals surface area (Å²) in [7, 11) is 0. The molecule has 0 bridgehead atoms. The van der Waals surface area contributed by atoms with Crippen LogP contribution in [-0.4, -0.2) is 37.5 Å². The fraction of sp³-hybridized carbons (Fsp3) is 0.364. The quantitative estimate of drug-likeness (QED) is 0.506. The number of rotatable bonds is 8. The van der Waals surface area contributed by atoms with Crippen LogP contribution in [0, 0.1) is 6.92 Å². The van der Waals surface area contributed by atoms with Gasteiger partial charge in [0, 0.05) is 23.8 Å². The smallest absolute Gasteiger partial charge is 0.230 e. The first kappa shape index (κ1) is 21.6. The third-order valence-corrected chi connectivity index (χ3v) is 6.51. The number of aryl methyl sites for hydroxylation is 1. The van der Waals surface area contributed by atoms with Crippen LogP contribution in [0.25, 0.3) is 5.69 Å².